The number of aliphatic hydroxyl groups is 1. The fourth-order valence-corrected chi connectivity index (χ4v) is 1.87. The molecule has 1 aliphatic rings. The van der Waals surface area contributed by atoms with Crippen molar-refractivity contribution in [2.45, 2.75) is 12.0 Å². The minimum atomic E-state index is -0.873. The highest BCUT2D eigenvalue weighted by Gasteiger charge is 2.37. The Bertz CT molecular complexity index is 336. The highest BCUT2D eigenvalue weighted by molar-refractivity contribution is 5.84. The molecule has 2 atom stereocenters. The standard InChI is InChI=1S/C11H13NO2/c1-12-7-9(10(13)11(12)14)8-5-3-2-4-6-8/h2-6,9-10,13H,7H2,1H3/t9-,10-/m1/s1. The average molecular weight is 191 g/mol. The molecule has 1 N–H and O–H groups in total. The second-order valence-corrected chi connectivity index (χ2v) is 3.68. The van der Waals surface area contributed by atoms with Gasteiger partial charge in [-0.05, 0) is 5.56 Å². The van der Waals surface area contributed by atoms with Gasteiger partial charge in [0.05, 0.1) is 0 Å². The van der Waals surface area contributed by atoms with Gasteiger partial charge in [0.15, 0.2) is 0 Å². The van der Waals surface area contributed by atoms with Crippen LogP contribution in [-0.2, 0) is 4.79 Å². The van der Waals surface area contributed by atoms with Crippen molar-refractivity contribution >= 4 is 5.91 Å². The number of rotatable bonds is 1. The molecule has 0 radical (unpaired) electrons. The van der Waals surface area contributed by atoms with Crippen molar-refractivity contribution in [1.29, 1.82) is 0 Å². The Labute approximate surface area is 83.0 Å². The van der Waals surface area contributed by atoms with Crippen LogP contribution in [0, 0.1) is 0 Å². The molecule has 0 aliphatic carbocycles. The number of likely N-dealkylation sites (N-methyl/N-ethyl adjacent to an activating group) is 1. The number of carbonyl (C=O) groups is 1. The van der Waals surface area contributed by atoms with Crippen LogP contribution >= 0.6 is 0 Å². The molecule has 74 valence electrons. The quantitative estimate of drug-likeness (QED) is 0.706. The molecule has 1 heterocycles. The molecule has 0 aromatic heterocycles. The number of aliphatic hydroxyl groups excluding tert-OH is 1. The zero-order valence-electron chi connectivity index (χ0n) is 8.05. The van der Waals surface area contributed by atoms with E-state index in [9.17, 15) is 9.90 Å². The number of nitrogens with zero attached hydrogens (tertiary/aromatic N) is 1. The number of hydrogen-bond donors (Lipinski definition) is 1. The zero-order valence-corrected chi connectivity index (χ0v) is 8.05. The molecule has 3 nitrogen and oxygen atoms in total. The van der Waals surface area contributed by atoms with Crippen LogP contribution in [0.4, 0.5) is 0 Å². The van der Waals surface area contributed by atoms with Crippen LogP contribution in [0.3, 0.4) is 0 Å². The number of carbonyl (C=O) groups excluding carboxylic acids is 1. The smallest absolute Gasteiger partial charge is 0.251 e. The monoisotopic (exact) mass is 191 g/mol. The Hall–Kier alpha value is -1.35. The van der Waals surface area contributed by atoms with Crippen LogP contribution in [0.1, 0.15) is 11.5 Å². The molecule has 0 bridgehead atoms. The van der Waals surface area contributed by atoms with Gasteiger partial charge in [0.1, 0.15) is 6.10 Å². The first-order chi connectivity index (χ1) is 6.70. The van der Waals surface area contributed by atoms with E-state index in [-0.39, 0.29) is 11.8 Å². The second-order valence-electron chi connectivity index (χ2n) is 3.68. The maximum absolute atomic E-state index is 11.4. The van der Waals surface area contributed by atoms with E-state index in [4.69, 9.17) is 0 Å². The fourth-order valence-electron chi connectivity index (χ4n) is 1.87. The van der Waals surface area contributed by atoms with Crippen LogP contribution in [0.15, 0.2) is 30.3 Å². The molecular weight excluding hydrogens is 178 g/mol. The minimum absolute atomic E-state index is 0.0753. The molecule has 1 aliphatic heterocycles. The molecule has 1 fully saturated rings. The summed E-state index contributed by atoms with van der Waals surface area (Å²) >= 11 is 0. The van der Waals surface area contributed by atoms with Gasteiger partial charge in [-0.1, -0.05) is 30.3 Å². The van der Waals surface area contributed by atoms with Crippen molar-refractivity contribution in [3.8, 4) is 0 Å². The molecule has 14 heavy (non-hydrogen) atoms. The lowest BCUT2D eigenvalue weighted by atomic mass is 9.96. The third-order valence-corrected chi connectivity index (χ3v) is 2.71. The molecule has 0 unspecified atom stereocenters. The topological polar surface area (TPSA) is 40.5 Å². The summed E-state index contributed by atoms with van der Waals surface area (Å²) in [7, 11) is 1.72. The SMILES string of the molecule is CN1C[C@H](c2ccccc2)[C@@H](O)C1=O. The van der Waals surface area contributed by atoms with Gasteiger partial charge in [-0.2, -0.15) is 0 Å². The summed E-state index contributed by atoms with van der Waals surface area (Å²) < 4.78 is 0. The van der Waals surface area contributed by atoms with E-state index < -0.39 is 6.10 Å². The third-order valence-electron chi connectivity index (χ3n) is 2.71. The van der Waals surface area contributed by atoms with E-state index in [1.807, 2.05) is 30.3 Å². The first kappa shape index (κ1) is 9.21. The molecule has 2 rings (SSSR count). The van der Waals surface area contributed by atoms with Gasteiger partial charge in [-0.3, -0.25) is 4.79 Å². The lowest BCUT2D eigenvalue weighted by Crippen LogP contribution is -2.25. The van der Waals surface area contributed by atoms with Crippen molar-refractivity contribution in [3.63, 3.8) is 0 Å². The highest BCUT2D eigenvalue weighted by atomic mass is 16.3. The van der Waals surface area contributed by atoms with Crippen LogP contribution < -0.4 is 0 Å². The van der Waals surface area contributed by atoms with Gasteiger partial charge in [-0.15, -0.1) is 0 Å². The number of hydrogen-bond acceptors (Lipinski definition) is 2. The van der Waals surface area contributed by atoms with Gasteiger partial charge in [0.25, 0.3) is 5.91 Å². The van der Waals surface area contributed by atoms with Crippen molar-refractivity contribution in [2.24, 2.45) is 0 Å². The van der Waals surface area contributed by atoms with Crippen molar-refractivity contribution in [2.75, 3.05) is 13.6 Å². The fraction of sp³-hybridized carbons (Fsp3) is 0.364. The van der Waals surface area contributed by atoms with Crippen LogP contribution in [0.2, 0.25) is 0 Å². The molecule has 0 saturated carbocycles. The number of benzene rings is 1. The molecule has 1 aromatic carbocycles. The summed E-state index contributed by atoms with van der Waals surface area (Å²) in [6, 6.07) is 9.66. The molecule has 1 saturated heterocycles. The summed E-state index contributed by atoms with van der Waals surface area (Å²) in [5.74, 6) is -0.257. The van der Waals surface area contributed by atoms with Gasteiger partial charge < -0.3 is 10.0 Å². The predicted octanol–water partition coefficient (Wildman–Crippen LogP) is 0.603. The van der Waals surface area contributed by atoms with E-state index in [0.29, 0.717) is 6.54 Å². The number of amides is 1. The van der Waals surface area contributed by atoms with E-state index >= 15 is 0 Å². The van der Waals surface area contributed by atoms with E-state index in [1.54, 1.807) is 11.9 Å². The molecular formula is C11H13NO2. The zero-order chi connectivity index (χ0) is 10.1. The van der Waals surface area contributed by atoms with Gasteiger partial charge in [0.2, 0.25) is 0 Å². The summed E-state index contributed by atoms with van der Waals surface area (Å²) in [6.45, 7) is 0.601. The van der Waals surface area contributed by atoms with E-state index in [0.717, 1.165) is 5.56 Å². The van der Waals surface area contributed by atoms with E-state index in [2.05, 4.69) is 0 Å². The summed E-state index contributed by atoms with van der Waals surface area (Å²) in [5.41, 5.74) is 1.03. The first-order valence-corrected chi connectivity index (χ1v) is 4.68. The van der Waals surface area contributed by atoms with E-state index in [1.165, 1.54) is 0 Å². The van der Waals surface area contributed by atoms with Crippen molar-refractivity contribution in [1.82, 2.24) is 4.90 Å². The summed E-state index contributed by atoms with van der Waals surface area (Å²) in [4.78, 5) is 12.9. The Morgan fingerprint density at radius 3 is 2.50 bits per heavy atom. The van der Waals surface area contributed by atoms with Crippen LogP contribution in [0.5, 0.6) is 0 Å². The van der Waals surface area contributed by atoms with Crippen LogP contribution in [0.25, 0.3) is 0 Å². The Kier molecular flexibility index (Phi) is 2.25. The first-order valence-electron chi connectivity index (χ1n) is 4.68. The molecule has 3 heteroatoms. The van der Waals surface area contributed by atoms with Crippen molar-refractivity contribution in [3.05, 3.63) is 35.9 Å². The van der Waals surface area contributed by atoms with Gasteiger partial charge in [0, 0.05) is 19.5 Å². The van der Waals surface area contributed by atoms with Gasteiger partial charge in [-0.25, -0.2) is 0 Å². The normalized spacial score (nSPS) is 27.0. The predicted molar refractivity (Wildman–Crippen MR) is 52.8 cm³/mol. The summed E-state index contributed by atoms with van der Waals surface area (Å²) in [5, 5.41) is 9.69. The average Bonchev–Trinajstić information content (AvgIpc) is 2.47. The maximum atomic E-state index is 11.4. The Morgan fingerprint density at radius 1 is 1.36 bits per heavy atom. The lowest BCUT2D eigenvalue weighted by Gasteiger charge is -2.11. The number of likely N-dealkylation sites (tertiary alicyclic amines) is 1. The highest BCUT2D eigenvalue weighted by Crippen LogP contribution is 2.27. The molecule has 0 spiro atoms. The van der Waals surface area contributed by atoms with Crippen LogP contribution in [-0.4, -0.2) is 35.6 Å². The molecule has 1 aromatic rings. The third kappa shape index (κ3) is 1.40. The Morgan fingerprint density at radius 2 is 2.00 bits per heavy atom. The lowest BCUT2D eigenvalue weighted by molar-refractivity contribution is -0.133. The van der Waals surface area contributed by atoms with Gasteiger partial charge >= 0.3 is 0 Å². The maximum Gasteiger partial charge on any atom is 0.251 e. The van der Waals surface area contributed by atoms with Crippen molar-refractivity contribution < 1.29 is 9.90 Å². The Balaban J connectivity index is 2.26. The largest absolute Gasteiger partial charge is 0.383 e. The minimum Gasteiger partial charge on any atom is -0.383 e. The second kappa shape index (κ2) is 3.42. The molecule has 1 amide bonds. The summed E-state index contributed by atoms with van der Waals surface area (Å²) in [6.07, 6.45) is -0.873.